The van der Waals surface area contributed by atoms with Gasteiger partial charge in [-0.3, -0.25) is 0 Å². The van der Waals surface area contributed by atoms with Crippen LogP contribution in [0.4, 0.5) is 0 Å². The first kappa shape index (κ1) is 22.8. The van der Waals surface area contributed by atoms with Crippen molar-refractivity contribution in [1.29, 1.82) is 0 Å². The molecule has 110 valence electrons. The second kappa shape index (κ2) is 13.2. The summed E-state index contributed by atoms with van der Waals surface area (Å²) in [6.45, 7) is 4.05. The Morgan fingerprint density at radius 1 is 0.947 bits per heavy atom. The largest absolute Gasteiger partial charge is 1.00 e. The van der Waals surface area contributed by atoms with Gasteiger partial charge in [0.25, 0.3) is 0 Å². The molecule has 0 aromatic carbocycles. The van der Waals surface area contributed by atoms with Gasteiger partial charge in [-0.2, -0.15) is 0 Å². The number of hydrogen-bond acceptors (Lipinski definition) is 4. The summed E-state index contributed by atoms with van der Waals surface area (Å²) in [6, 6.07) is 0. The molecule has 0 rings (SSSR count). The van der Waals surface area contributed by atoms with E-state index in [2.05, 4.69) is 6.92 Å². The maximum atomic E-state index is 11.1. The van der Waals surface area contributed by atoms with E-state index in [1.807, 2.05) is 6.92 Å². The predicted molar refractivity (Wildman–Crippen MR) is 72.4 cm³/mol. The maximum Gasteiger partial charge on any atom is 1.00 e. The standard InChI is InChI=1S/C13H28O4S.K/c1-3-5-6-7-9-13(18(15,16)17)11-10-12(14)8-4-2;/h12-14H,3-11H2,1-2H3,(H,15,16,17);/q;+1/p-1. The van der Waals surface area contributed by atoms with Crippen molar-refractivity contribution in [3.05, 3.63) is 0 Å². The molecule has 0 amide bonds. The molecule has 6 heteroatoms. The minimum atomic E-state index is -4.22. The molecule has 0 aliphatic rings. The fraction of sp³-hybridized carbons (Fsp3) is 1.00. The van der Waals surface area contributed by atoms with Gasteiger partial charge in [-0.1, -0.05) is 46.0 Å². The SMILES string of the molecule is CCCCCCC(CCC(O)CCC)S(=O)(=O)[O-].[K+]. The van der Waals surface area contributed by atoms with Gasteiger partial charge in [0, 0.05) is 5.25 Å². The molecule has 0 saturated heterocycles. The second-order valence-corrected chi connectivity index (χ2v) is 6.64. The van der Waals surface area contributed by atoms with Gasteiger partial charge >= 0.3 is 51.4 Å². The van der Waals surface area contributed by atoms with E-state index in [9.17, 15) is 18.1 Å². The zero-order valence-electron chi connectivity index (χ0n) is 12.6. The Hall–Kier alpha value is 1.51. The van der Waals surface area contributed by atoms with Crippen LogP contribution >= 0.6 is 0 Å². The van der Waals surface area contributed by atoms with Gasteiger partial charge in [0.15, 0.2) is 0 Å². The molecule has 0 aromatic heterocycles. The predicted octanol–water partition coefficient (Wildman–Crippen LogP) is -0.184. The Morgan fingerprint density at radius 3 is 2.05 bits per heavy atom. The summed E-state index contributed by atoms with van der Waals surface area (Å²) in [5.74, 6) is 0. The molecular weight excluding hydrogens is 291 g/mol. The summed E-state index contributed by atoms with van der Waals surface area (Å²) in [5.41, 5.74) is 0. The Bertz CT molecular complexity index is 293. The van der Waals surface area contributed by atoms with E-state index in [1.54, 1.807) is 0 Å². The van der Waals surface area contributed by atoms with Crippen LogP contribution in [-0.2, 0) is 10.1 Å². The van der Waals surface area contributed by atoms with E-state index in [-0.39, 0.29) is 51.4 Å². The Morgan fingerprint density at radius 2 is 1.58 bits per heavy atom. The van der Waals surface area contributed by atoms with Crippen molar-refractivity contribution >= 4 is 10.1 Å². The third kappa shape index (κ3) is 12.9. The number of aliphatic hydroxyl groups is 1. The van der Waals surface area contributed by atoms with E-state index in [0.717, 1.165) is 32.1 Å². The molecule has 4 nitrogen and oxygen atoms in total. The van der Waals surface area contributed by atoms with E-state index < -0.39 is 21.5 Å². The number of rotatable bonds is 11. The number of hydrogen-bond donors (Lipinski definition) is 1. The van der Waals surface area contributed by atoms with Crippen molar-refractivity contribution in [2.75, 3.05) is 0 Å². The van der Waals surface area contributed by atoms with Gasteiger partial charge in [-0.25, -0.2) is 8.42 Å². The first-order valence-corrected chi connectivity index (χ1v) is 8.51. The minimum absolute atomic E-state index is 0. The zero-order valence-corrected chi connectivity index (χ0v) is 16.5. The number of aliphatic hydroxyl groups excluding tert-OH is 1. The first-order valence-electron chi connectivity index (χ1n) is 7.04. The van der Waals surface area contributed by atoms with E-state index >= 15 is 0 Å². The van der Waals surface area contributed by atoms with Gasteiger partial charge in [0.05, 0.1) is 16.2 Å². The molecule has 0 fully saturated rings. The van der Waals surface area contributed by atoms with Crippen LogP contribution in [0.25, 0.3) is 0 Å². The van der Waals surface area contributed by atoms with Crippen molar-refractivity contribution in [1.82, 2.24) is 0 Å². The fourth-order valence-corrected chi connectivity index (χ4v) is 2.97. The average molecular weight is 319 g/mol. The Kier molecular flexibility index (Phi) is 15.8. The van der Waals surface area contributed by atoms with Crippen molar-refractivity contribution < 1.29 is 69.5 Å². The fourth-order valence-electron chi connectivity index (χ4n) is 2.09. The molecule has 0 heterocycles. The third-order valence-corrected chi connectivity index (χ3v) is 4.52. The molecule has 0 aliphatic carbocycles. The molecule has 0 aliphatic heterocycles. The maximum absolute atomic E-state index is 11.1. The Labute approximate surface area is 160 Å². The molecule has 0 aromatic rings. The molecule has 0 bridgehead atoms. The van der Waals surface area contributed by atoms with Gasteiger partial charge in [0.2, 0.25) is 0 Å². The number of unbranched alkanes of at least 4 members (excludes halogenated alkanes) is 3. The van der Waals surface area contributed by atoms with Crippen molar-refractivity contribution in [3.8, 4) is 0 Å². The topological polar surface area (TPSA) is 77.4 Å². The van der Waals surface area contributed by atoms with Crippen LogP contribution < -0.4 is 51.4 Å². The normalized spacial score (nSPS) is 14.7. The van der Waals surface area contributed by atoms with Crippen LogP contribution in [-0.4, -0.2) is 29.4 Å². The van der Waals surface area contributed by atoms with Crippen molar-refractivity contribution in [3.63, 3.8) is 0 Å². The average Bonchev–Trinajstić information content (AvgIpc) is 2.26. The van der Waals surface area contributed by atoms with E-state index in [0.29, 0.717) is 25.7 Å². The van der Waals surface area contributed by atoms with Crippen LogP contribution in [0.1, 0.15) is 71.6 Å². The minimum Gasteiger partial charge on any atom is -0.748 e. The summed E-state index contributed by atoms with van der Waals surface area (Å²) in [6.07, 6.45) is 6.11. The monoisotopic (exact) mass is 318 g/mol. The molecule has 1 N–H and O–H groups in total. The molecular formula is C13H27KO4S. The quantitative estimate of drug-likeness (QED) is 0.326. The van der Waals surface area contributed by atoms with Gasteiger partial charge < -0.3 is 9.66 Å². The van der Waals surface area contributed by atoms with Crippen molar-refractivity contribution in [2.45, 2.75) is 83.0 Å². The van der Waals surface area contributed by atoms with Crippen molar-refractivity contribution in [2.24, 2.45) is 0 Å². The van der Waals surface area contributed by atoms with Gasteiger partial charge in [-0.15, -0.1) is 0 Å². The first-order chi connectivity index (χ1) is 8.41. The van der Waals surface area contributed by atoms with Gasteiger partial charge in [-0.05, 0) is 25.7 Å². The molecule has 0 spiro atoms. The molecule has 0 radical (unpaired) electrons. The van der Waals surface area contributed by atoms with E-state index in [4.69, 9.17) is 0 Å². The van der Waals surface area contributed by atoms with E-state index in [1.165, 1.54) is 0 Å². The van der Waals surface area contributed by atoms with Gasteiger partial charge in [0.1, 0.15) is 0 Å². The molecule has 2 unspecified atom stereocenters. The molecule has 19 heavy (non-hydrogen) atoms. The summed E-state index contributed by atoms with van der Waals surface area (Å²) in [7, 11) is -4.22. The molecule has 2 atom stereocenters. The van der Waals surface area contributed by atoms with Crippen LogP contribution in [0.3, 0.4) is 0 Å². The Balaban J connectivity index is 0. The zero-order chi connectivity index (χ0) is 14.0. The summed E-state index contributed by atoms with van der Waals surface area (Å²) in [5, 5.41) is 8.76. The van der Waals surface area contributed by atoms with Crippen LogP contribution in [0, 0.1) is 0 Å². The van der Waals surface area contributed by atoms with Crippen LogP contribution in [0.2, 0.25) is 0 Å². The van der Waals surface area contributed by atoms with Crippen LogP contribution in [0.5, 0.6) is 0 Å². The molecule has 0 saturated carbocycles. The smallest absolute Gasteiger partial charge is 0.748 e. The summed E-state index contributed by atoms with van der Waals surface area (Å²) in [4.78, 5) is 0. The van der Waals surface area contributed by atoms with Crippen LogP contribution in [0.15, 0.2) is 0 Å². The summed E-state index contributed by atoms with van der Waals surface area (Å²) >= 11 is 0. The summed E-state index contributed by atoms with van der Waals surface area (Å²) < 4.78 is 33.4. The third-order valence-electron chi connectivity index (χ3n) is 3.23. The second-order valence-electron chi connectivity index (χ2n) is 4.98.